The zero-order valence-corrected chi connectivity index (χ0v) is 10.2. The molecule has 96 valence electrons. The van der Waals surface area contributed by atoms with Crippen molar-refractivity contribution in [3.05, 3.63) is 35.8 Å². The Kier molecular flexibility index (Phi) is 2.67. The van der Waals surface area contributed by atoms with E-state index in [1.54, 1.807) is 11.7 Å². The average molecular weight is 257 g/mol. The van der Waals surface area contributed by atoms with E-state index in [0.29, 0.717) is 11.5 Å². The highest BCUT2D eigenvalue weighted by Crippen LogP contribution is 2.17. The lowest BCUT2D eigenvalue weighted by molar-refractivity contribution is 0.0945. The van der Waals surface area contributed by atoms with Crippen LogP contribution in [-0.2, 0) is 13.6 Å². The molecular weight excluding hydrogens is 246 g/mol. The van der Waals surface area contributed by atoms with Crippen molar-refractivity contribution in [2.24, 2.45) is 7.05 Å². The molecule has 0 saturated carbocycles. The Morgan fingerprint density at radius 3 is 3.05 bits per heavy atom. The van der Waals surface area contributed by atoms with E-state index in [4.69, 9.17) is 0 Å². The first-order chi connectivity index (χ1) is 9.25. The van der Waals surface area contributed by atoms with Crippen LogP contribution in [0.3, 0.4) is 0 Å². The zero-order valence-electron chi connectivity index (χ0n) is 10.2. The summed E-state index contributed by atoms with van der Waals surface area (Å²) in [5.74, 6) is 0.162. The lowest BCUT2D eigenvalue weighted by atomic mass is 10.2. The number of para-hydroxylation sites is 1. The fraction of sp³-hybridized carbons (Fsp3) is 0.182. The molecular formula is C11H11N7O. The minimum absolute atomic E-state index is 0.209. The second-order valence-corrected chi connectivity index (χ2v) is 4.00. The van der Waals surface area contributed by atoms with E-state index >= 15 is 0 Å². The highest BCUT2D eigenvalue weighted by atomic mass is 16.1. The van der Waals surface area contributed by atoms with Crippen LogP contribution in [0.1, 0.15) is 16.3 Å². The molecule has 0 saturated heterocycles. The van der Waals surface area contributed by atoms with Crippen molar-refractivity contribution in [3.8, 4) is 0 Å². The van der Waals surface area contributed by atoms with Crippen LogP contribution in [0, 0.1) is 0 Å². The van der Waals surface area contributed by atoms with Crippen molar-refractivity contribution in [1.29, 1.82) is 0 Å². The van der Waals surface area contributed by atoms with E-state index in [9.17, 15) is 4.79 Å². The summed E-state index contributed by atoms with van der Waals surface area (Å²) in [6.07, 6.45) is 0. The number of aryl methyl sites for hydroxylation is 1. The van der Waals surface area contributed by atoms with Crippen LogP contribution in [0.4, 0.5) is 0 Å². The molecule has 0 bridgehead atoms. The smallest absolute Gasteiger partial charge is 0.272 e. The van der Waals surface area contributed by atoms with Gasteiger partial charge in [0.15, 0.2) is 11.5 Å². The minimum atomic E-state index is -0.262. The quantitative estimate of drug-likeness (QED) is 0.688. The van der Waals surface area contributed by atoms with E-state index in [0.717, 1.165) is 10.9 Å². The van der Waals surface area contributed by atoms with Gasteiger partial charge < -0.3 is 5.32 Å². The van der Waals surface area contributed by atoms with Gasteiger partial charge in [0.2, 0.25) is 0 Å². The standard InChI is InChI=1S/C11H11N7O/c1-18-8-5-3-2-4-7(8)10(15-18)11(19)12-6-9-13-16-17-14-9/h2-5H,6H2,1H3,(H,12,19)(H,13,14,16,17). The first kappa shape index (κ1) is 11.3. The molecule has 1 amide bonds. The van der Waals surface area contributed by atoms with Crippen LogP contribution >= 0.6 is 0 Å². The molecule has 0 aliphatic rings. The van der Waals surface area contributed by atoms with Crippen LogP contribution in [0.2, 0.25) is 0 Å². The first-order valence-electron chi connectivity index (χ1n) is 5.68. The number of rotatable bonds is 3. The molecule has 0 unspecified atom stereocenters. The highest BCUT2D eigenvalue weighted by molar-refractivity contribution is 6.04. The highest BCUT2D eigenvalue weighted by Gasteiger charge is 2.15. The summed E-state index contributed by atoms with van der Waals surface area (Å²) in [6.45, 7) is 0.209. The van der Waals surface area contributed by atoms with Gasteiger partial charge in [-0.25, -0.2) is 0 Å². The number of H-pyrrole nitrogens is 1. The number of nitrogens with one attached hydrogen (secondary N) is 2. The Bertz CT molecular complexity index is 716. The van der Waals surface area contributed by atoms with Gasteiger partial charge in [-0.1, -0.05) is 23.4 Å². The predicted molar refractivity (Wildman–Crippen MR) is 66.1 cm³/mol. The van der Waals surface area contributed by atoms with Gasteiger partial charge >= 0.3 is 0 Å². The third-order valence-electron chi connectivity index (χ3n) is 2.77. The molecule has 0 radical (unpaired) electrons. The van der Waals surface area contributed by atoms with E-state index < -0.39 is 0 Å². The number of amides is 1. The number of hydrogen-bond donors (Lipinski definition) is 2. The van der Waals surface area contributed by atoms with Gasteiger partial charge in [0.1, 0.15) is 0 Å². The average Bonchev–Trinajstić information content (AvgIpc) is 3.05. The SMILES string of the molecule is Cn1nc(C(=O)NCc2nn[nH]n2)c2ccccc21. The van der Waals surface area contributed by atoms with Crippen LogP contribution < -0.4 is 5.32 Å². The Morgan fingerprint density at radius 2 is 2.26 bits per heavy atom. The monoisotopic (exact) mass is 257 g/mol. The van der Waals surface area contributed by atoms with Gasteiger partial charge in [-0.05, 0) is 6.07 Å². The molecule has 0 spiro atoms. The van der Waals surface area contributed by atoms with Crippen molar-refractivity contribution in [2.45, 2.75) is 6.54 Å². The Balaban J connectivity index is 1.85. The Morgan fingerprint density at radius 1 is 1.42 bits per heavy atom. The lowest BCUT2D eigenvalue weighted by Crippen LogP contribution is -2.24. The molecule has 2 N–H and O–H groups in total. The number of aromatic nitrogens is 6. The summed E-state index contributed by atoms with van der Waals surface area (Å²) in [7, 11) is 1.80. The number of aromatic amines is 1. The molecule has 0 fully saturated rings. The maximum atomic E-state index is 12.1. The lowest BCUT2D eigenvalue weighted by Gasteiger charge is -1.99. The molecule has 3 aromatic rings. The predicted octanol–water partition coefficient (Wildman–Crippen LogP) is 0.0164. The van der Waals surface area contributed by atoms with Crippen LogP contribution in [0.25, 0.3) is 10.9 Å². The molecule has 19 heavy (non-hydrogen) atoms. The molecule has 2 heterocycles. The molecule has 0 atom stereocenters. The van der Waals surface area contributed by atoms with Crippen molar-refractivity contribution < 1.29 is 4.79 Å². The Hall–Kier alpha value is -2.77. The number of fused-ring (bicyclic) bond motifs is 1. The topological polar surface area (TPSA) is 101 Å². The van der Waals surface area contributed by atoms with Gasteiger partial charge in [-0.15, -0.1) is 10.2 Å². The maximum Gasteiger partial charge on any atom is 0.272 e. The van der Waals surface area contributed by atoms with E-state index in [-0.39, 0.29) is 12.5 Å². The van der Waals surface area contributed by atoms with Gasteiger partial charge in [0.25, 0.3) is 5.91 Å². The number of carbonyl (C=O) groups is 1. The van der Waals surface area contributed by atoms with Crippen molar-refractivity contribution >= 4 is 16.8 Å². The Labute approximate surface area is 107 Å². The molecule has 3 rings (SSSR count). The van der Waals surface area contributed by atoms with Crippen LogP contribution in [0.15, 0.2) is 24.3 Å². The van der Waals surface area contributed by atoms with Crippen LogP contribution in [-0.4, -0.2) is 36.3 Å². The van der Waals surface area contributed by atoms with Crippen molar-refractivity contribution in [1.82, 2.24) is 35.7 Å². The summed E-state index contributed by atoms with van der Waals surface area (Å²) in [5, 5.41) is 21.0. The molecule has 0 aliphatic carbocycles. The van der Waals surface area contributed by atoms with Crippen molar-refractivity contribution in [3.63, 3.8) is 0 Å². The van der Waals surface area contributed by atoms with Gasteiger partial charge in [-0.3, -0.25) is 9.48 Å². The van der Waals surface area contributed by atoms with E-state index in [1.165, 1.54) is 0 Å². The molecule has 8 nitrogen and oxygen atoms in total. The largest absolute Gasteiger partial charge is 0.343 e. The minimum Gasteiger partial charge on any atom is -0.343 e. The van der Waals surface area contributed by atoms with Gasteiger partial charge in [-0.2, -0.15) is 10.3 Å². The second kappa shape index (κ2) is 4.48. The summed E-state index contributed by atoms with van der Waals surface area (Å²) in [5.41, 5.74) is 1.30. The maximum absolute atomic E-state index is 12.1. The summed E-state index contributed by atoms with van der Waals surface area (Å²) in [6, 6.07) is 7.56. The van der Waals surface area contributed by atoms with E-state index in [1.807, 2.05) is 24.3 Å². The van der Waals surface area contributed by atoms with Gasteiger partial charge in [0, 0.05) is 12.4 Å². The second-order valence-electron chi connectivity index (χ2n) is 4.00. The fourth-order valence-corrected chi connectivity index (χ4v) is 1.88. The van der Waals surface area contributed by atoms with E-state index in [2.05, 4.69) is 31.0 Å². The van der Waals surface area contributed by atoms with Crippen molar-refractivity contribution in [2.75, 3.05) is 0 Å². The number of nitrogens with zero attached hydrogens (tertiary/aromatic N) is 5. The third-order valence-corrected chi connectivity index (χ3v) is 2.77. The molecule has 2 aromatic heterocycles. The number of carbonyl (C=O) groups excluding carboxylic acids is 1. The summed E-state index contributed by atoms with van der Waals surface area (Å²) >= 11 is 0. The third kappa shape index (κ3) is 2.03. The first-order valence-corrected chi connectivity index (χ1v) is 5.68. The molecule has 8 heteroatoms. The summed E-state index contributed by atoms with van der Waals surface area (Å²) in [4.78, 5) is 12.1. The normalized spacial score (nSPS) is 10.8. The molecule has 1 aromatic carbocycles. The molecule has 0 aliphatic heterocycles. The number of benzene rings is 1. The number of hydrogen-bond acceptors (Lipinski definition) is 5. The summed E-state index contributed by atoms with van der Waals surface area (Å²) < 4.78 is 1.68. The van der Waals surface area contributed by atoms with Crippen LogP contribution in [0.5, 0.6) is 0 Å². The zero-order chi connectivity index (χ0) is 13.2. The number of tetrazole rings is 1. The van der Waals surface area contributed by atoms with Gasteiger partial charge in [0.05, 0.1) is 12.1 Å². The fourth-order valence-electron chi connectivity index (χ4n) is 1.88.